The van der Waals surface area contributed by atoms with Crippen LogP contribution in [-0.2, 0) is 12.8 Å². The summed E-state index contributed by atoms with van der Waals surface area (Å²) >= 11 is 1.75. The zero-order valence-corrected chi connectivity index (χ0v) is 16.9. The van der Waals surface area contributed by atoms with Crippen molar-refractivity contribution >= 4 is 21.4 Å². The van der Waals surface area contributed by atoms with Gasteiger partial charge in [0.15, 0.2) is 0 Å². The fourth-order valence-electron chi connectivity index (χ4n) is 3.58. The summed E-state index contributed by atoms with van der Waals surface area (Å²) in [7, 11) is 0. The Kier molecular flexibility index (Phi) is 5.27. The van der Waals surface area contributed by atoms with Crippen LogP contribution in [0, 0.1) is 11.6 Å². The molecule has 4 aromatic rings. The average molecular weight is 393 g/mol. The molecular formula is C25H22F2S. The highest BCUT2D eigenvalue weighted by molar-refractivity contribution is 7.19. The molecule has 0 aliphatic heterocycles. The van der Waals surface area contributed by atoms with E-state index < -0.39 is 0 Å². The molecule has 28 heavy (non-hydrogen) atoms. The van der Waals surface area contributed by atoms with E-state index in [-0.39, 0.29) is 11.6 Å². The van der Waals surface area contributed by atoms with Gasteiger partial charge in [0.2, 0.25) is 0 Å². The first-order valence-electron chi connectivity index (χ1n) is 9.70. The van der Waals surface area contributed by atoms with E-state index in [1.165, 1.54) is 16.3 Å². The Morgan fingerprint density at radius 1 is 0.750 bits per heavy atom. The minimum atomic E-state index is -0.332. The Labute approximate surface area is 168 Å². The minimum absolute atomic E-state index is 0.301. The molecule has 4 rings (SSSR count). The van der Waals surface area contributed by atoms with Crippen molar-refractivity contribution in [2.24, 2.45) is 0 Å². The lowest BCUT2D eigenvalue weighted by atomic mass is 9.97. The monoisotopic (exact) mass is 392 g/mol. The van der Waals surface area contributed by atoms with Crippen molar-refractivity contribution in [3.05, 3.63) is 82.7 Å². The molecule has 0 saturated heterocycles. The quantitative estimate of drug-likeness (QED) is 0.322. The molecule has 0 bridgehead atoms. The van der Waals surface area contributed by atoms with Gasteiger partial charge in [0.1, 0.15) is 11.6 Å². The molecule has 1 heterocycles. The van der Waals surface area contributed by atoms with Crippen LogP contribution in [0.2, 0.25) is 0 Å². The molecule has 0 aliphatic carbocycles. The average Bonchev–Trinajstić information content (AvgIpc) is 3.11. The summed E-state index contributed by atoms with van der Waals surface area (Å²) in [6.07, 6.45) is 2.81. The van der Waals surface area contributed by atoms with Crippen molar-refractivity contribution in [3.63, 3.8) is 0 Å². The first-order chi connectivity index (χ1) is 13.6. The van der Waals surface area contributed by atoms with E-state index in [9.17, 15) is 8.78 Å². The second kappa shape index (κ2) is 7.84. The largest absolute Gasteiger partial charge is 0.206 e. The van der Waals surface area contributed by atoms with E-state index in [2.05, 4.69) is 19.9 Å². The molecule has 0 nitrogen and oxygen atoms in total. The number of hydrogen-bond donors (Lipinski definition) is 0. The highest BCUT2D eigenvalue weighted by atomic mass is 32.1. The summed E-state index contributed by atoms with van der Waals surface area (Å²) in [6, 6.07) is 18.4. The molecule has 142 valence electrons. The third-order valence-corrected chi connectivity index (χ3v) is 6.33. The summed E-state index contributed by atoms with van der Waals surface area (Å²) in [6.45, 7) is 4.20. The first kappa shape index (κ1) is 18.8. The highest BCUT2D eigenvalue weighted by Gasteiger charge is 2.12. The summed E-state index contributed by atoms with van der Waals surface area (Å²) in [5, 5.41) is 1.19. The van der Waals surface area contributed by atoms with Crippen LogP contribution in [-0.4, -0.2) is 0 Å². The van der Waals surface area contributed by atoms with Crippen LogP contribution in [0.15, 0.2) is 60.7 Å². The van der Waals surface area contributed by atoms with Crippen LogP contribution in [0.25, 0.3) is 32.3 Å². The predicted octanol–water partition coefficient (Wildman–Crippen LogP) is 8.03. The molecule has 0 radical (unpaired) electrons. The molecule has 3 heteroatoms. The number of hydrogen-bond acceptors (Lipinski definition) is 1. The number of aryl methyl sites for hydroxylation is 2. The van der Waals surface area contributed by atoms with Gasteiger partial charge in [-0.3, -0.25) is 0 Å². The molecule has 1 aromatic heterocycles. The Hall–Kier alpha value is -2.52. The maximum absolute atomic E-state index is 14.9. The van der Waals surface area contributed by atoms with Crippen molar-refractivity contribution in [3.8, 4) is 22.3 Å². The van der Waals surface area contributed by atoms with Crippen LogP contribution < -0.4 is 0 Å². The normalized spacial score (nSPS) is 11.3. The van der Waals surface area contributed by atoms with E-state index in [0.29, 0.717) is 16.7 Å². The van der Waals surface area contributed by atoms with Crippen LogP contribution in [0.4, 0.5) is 8.78 Å². The maximum atomic E-state index is 14.9. The van der Waals surface area contributed by atoms with Crippen LogP contribution in [0.5, 0.6) is 0 Å². The number of benzene rings is 3. The molecule has 0 saturated carbocycles. The molecule has 0 unspecified atom stereocenters. The van der Waals surface area contributed by atoms with Crippen LogP contribution in [0.1, 0.15) is 30.7 Å². The SMILES string of the molecule is CCCc1ccc(-c2ccc(-c3ccc4cc(CC)sc4c3)c(F)c2)c(F)c1. The first-order valence-corrected chi connectivity index (χ1v) is 10.5. The molecular weight excluding hydrogens is 370 g/mol. The van der Waals surface area contributed by atoms with Crippen LogP contribution in [0.3, 0.4) is 0 Å². The second-order valence-corrected chi connectivity index (χ2v) is 8.25. The Balaban J connectivity index is 1.70. The minimum Gasteiger partial charge on any atom is -0.206 e. The van der Waals surface area contributed by atoms with Gasteiger partial charge in [0.25, 0.3) is 0 Å². The summed E-state index contributed by atoms with van der Waals surface area (Å²) < 4.78 is 30.6. The third-order valence-electron chi connectivity index (χ3n) is 5.08. The fraction of sp³-hybridized carbons (Fsp3) is 0.200. The summed E-state index contributed by atoms with van der Waals surface area (Å²) in [5.41, 5.74) is 3.36. The maximum Gasteiger partial charge on any atom is 0.131 e. The van der Waals surface area contributed by atoms with Crippen molar-refractivity contribution in [2.45, 2.75) is 33.1 Å². The number of thiophene rings is 1. The molecule has 0 atom stereocenters. The lowest BCUT2D eigenvalue weighted by Gasteiger charge is -2.09. The zero-order chi connectivity index (χ0) is 19.7. The number of fused-ring (bicyclic) bond motifs is 1. The lowest BCUT2D eigenvalue weighted by Crippen LogP contribution is -1.91. The van der Waals surface area contributed by atoms with Crippen LogP contribution >= 0.6 is 11.3 Å². The lowest BCUT2D eigenvalue weighted by molar-refractivity contribution is 0.625. The molecule has 3 aromatic carbocycles. The zero-order valence-electron chi connectivity index (χ0n) is 16.1. The standard InChI is InChI=1S/C25H22F2S/c1-3-5-16-6-10-21(23(26)12-16)17-9-11-22(24(27)14-17)18-7-8-19-13-20(4-2)28-25(19)15-18/h6-15H,3-5H2,1-2H3. The Morgan fingerprint density at radius 3 is 2.11 bits per heavy atom. The molecule has 0 aliphatic rings. The van der Waals surface area contributed by atoms with Crippen molar-refractivity contribution in [2.75, 3.05) is 0 Å². The van der Waals surface area contributed by atoms with Gasteiger partial charge in [-0.2, -0.15) is 0 Å². The smallest absolute Gasteiger partial charge is 0.131 e. The highest BCUT2D eigenvalue weighted by Crippen LogP contribution is 2.34. The fourth-order valence-corrected chi connectivity index (χ4v) is 4.62. The topological polar surface area (TPSA) is 0 Å². The van der Waals surface area contributed by atoms with Gasteiger partial charge in [-0.1, -0.05) is 56.7 Å². The van der Waals surface area contributed by atoms with E-state index in [0.717, 1.165) is 35.1 Å². The Morgan fingerprint density at radius 2 is 1.43 bits per heavy atom. The van der Waals surface area contributed by atoms with E-state index >= 15 is 0 Å². The molecule has 0 spiro atoms. The van der Waals surface area contributed by atoms with E-state index in [1.54, 1.807) is 35.6 Å². The Bertz CT molecular complexity index is 1140. The van der Waals surface area contributed by atoms with Gasteiger partial charge < -0.3 is 0 Å². The third kappa shape index (κ3) is 3.59. The van der Waals surface area contributed by atoms with Gasteiger partial charge in [-0.15, -0.1) is 11.3 Å². The van der Waals surface area contributed by atoms with Gasteiger partial charge >= 0.3 is 0 Å². The predicted molar refractivity (Wildman–Crippen MR) is 116 cm³/mol. The van der Waals surface area contributed by atoms with Crippen molar-refractivity contribution in [1.29, 1.82) is 0 Å². The van der Waals surface area contributed by atoms with Gasteiger partial charge in [-0.25, -0.2) is 8.78 Å². The van der Waals surface area contributed by atoms with Crippen molar-refractivity contribution < 1.29 is 8.78 Å². The second-order valence-electron chi connectivity index (χ2n) is 7.08. The van der Waals surface area contributed by atoms with Gasteiger partial charge in [0, 0.05) is 20.7 Å². The number of halogens is 2. The van der Waals surface area contributed by atoms with Gasteiger partial charge in [0.05, 0.1) is 0 Å². The molecule has 0 amide bonds. The molecule has 0 fully saturated rings. The molecule has 0 N–H and O–H groups in total. The number of rotatable bonds is 5. The van der Waals surface area contributed by atoms with E-state index in [1.807, 2.05) is 24.3 Å². The summed E-state index contributed by atoms with van der Waals surface area (Å²) in [5.74, 6) is -0.633. The summed E-state index contributed by atoms with van der Waals surface area (Å²) in [4.78, 5) is 1.32. The van der Waals surface area contributed by atoms with Gasteiger partial charge in [-0.05, 0) is 59.2 Å². The van der Waals surface area contributed by atoms with E-state index in [4.69, 9.17) is 0 Å². The van der Waals surface area contributed by atoms with Crippen molar-refractivity contribution in [1.82, 2.24) is 0 Å².